The Balaban J connectivity index is 0.000000265. The Kier molecular flexibility index (Phi) is 6.47. The lowest BCUT2D eigenvalue weighted by molar-refractivity contribution is -0.178. The van der Waals surface area contributed by atoms with Crippen molar-refractivity contribution in [1.29, 1.82) is 0 Å². The van der Waals surface area contributed by atoms with E-state index in [2.05, 4.69) is 4.74 Å². The lowest BCUT2D eigenvalue weighted by atomic mass is 10.2. The van der Waals surface area contributed by atoms with E-state index in [0.717, 1.165) is 0 Å². The highest BCUT2D eigenvalue weighted by Gasteiger charge is 2.21. The van der Waals surface area contributed by atoms with Crippen LogP contribution in [0.5, 0.6) is 0 Å². The van der Waals surface area contributed by atoms with Gasteiger partial charge in [-0.25, -0.2) is 0 Å². The van der Waals surface area contributed by atoms with Crippen molar-refractivity contribution in [3.05, 3.63) is 0 Å². The Morgan fingerprint density at radius 1 is 1.47 bits per heavy atom. The number of methoxy groups -OCH3 is 2. The Hall–Kier alpha value is -0.650. The fraction of sp³-hybridized carbons (Fsp3) is 0.900. The van der Waals surface area contributed by atoms with Crippen molar-refractivity contribution in [1.82, 2.24) is 0 Å². The third-order valence-corrected chi connectivity index (χ3v) is 2.16. The number of aliphatic hydroxyl groups is 1. The van der Waals surface area contributed by atoms with E-state index in [9.17, 15) is 4.79 Å². The smallest absolute Gasteiger partial charge is 0.306 e. The highest BCUT2D eigenvalue weighted by atomic mass is 16.7. The molecule has 90 valence electrons. The van der Waals surface area contributed by atoms with Crippen LogP contribution in [-0.2, 0) is 19.0 Å². The standard InChI is InChI=1S/C5H8O3.C5H12O2/c6-3-4-1-2-5(7)8-4;1-5(2,6-3)7-4/h4,6H,1-3H2;1-4H3. The van der Waals surface area contributed by atoms with Crippen LogP contribution in [0.2, 0.25) is 0 Å². The van der Waals surface area contributed by atoms with Crippen molar-refractivity contribution in [3.63, 3.8) is 0 Å². The first-order valence-corrected chi connectivity index (χ1v) is 4.85. The molecule has 1 unspecified atom stereocenters. The summed E-state index contributed by atoms with van der Waals surface area (Å²) in [5.41, 5.74) is 0. The molecule has 0 aliphatic carbocycles. The number of rotatable bonds is 3. The quantitative estimate of drug-likeness (QED) is 0.560. The van der Waals surface area contributed by atoms with Gasteiger partial charge >= 0.3 is 5.97 Å². The van der Waals surface area contributed by atoms with E-state index in [0.29, 0.717) is 12.8 Å². The number of aliphatic hydroxyl groups excluding tert-OH is 1. The van der Waals surface area contributed by atoms with E-state index >= 15 is 0 Å². The first kappa shape index (κ1) is 14.3. The minimum Gasteiger partial charge on any atom is -0.460 e. The first-order valence-electron chi connectivity index (χ1n) is 4.85. The maximum absolute atomic E-state index is 10.3. The minimum absolute atomic E-state index is 0.0360. The number of carbonyl (C=O) groups excluding carboxylic acids is 1. The molecule has 0 amide bonds. The van der Waals surface area contributed by atoms with E-state index in [4.69, 9.17) is 14.6 Å². The summed E-state index contributed by atoms with van der Waals surface area (Å²) in [6, 6.07) is 0. The van der Waals surface area contributed by atoms with Gasteiger partial charge in [0.15, 0.2) is 5.79 Å². The van der Waals surface area contributed by atoms with Gasteiger partial charge in [0, 0.05) is 20.6 Å². The molecule has 1 aliphatic heterocycles. The van der Waals surface area contributed by atoms with Crippen LogP contribution in [0, 0.1) is 0 Å². The lowest BCUT2D eigenvalue weighted by Crippen LogP contribution is -2.24. The second-order valence-electron chi connectivity index (χ2n) is 3.64. The van der Waals surface area contributed by atoms with E-state index in [-0.39, 0.29) is 18.7 Å². The normalized spacial score (nSPS) is 20.6. The molecular weight excluding hydrogens is 200 g/mol. The highest BCUT2D eigenvalue weighted by molar-refractivity contribution is 5.71. The van der Waals surface area contributed by atoms with Crippen LogP contribution in [0.3, 0.4) is 0 Å². The second kappa shape index (κ2) is 6.76. The zero-order valence-electron chi connectivity index (χ0n) is 9.78. The predicted molar refractivity (Wildman–Crippen MR) is 54.3 cm³/mol. The molecule has 0 aromatic heterocycles. The van der Waals surface area contributed by atoms with E-state index in [1.54, 1.807) is 14.2 Å². The number of esters is 1. The van der Waals surface area contributed by atoms with Gasteiger partial charge in [0.05, 0.1) is 6.61 Å². The molecule has 1 aliphatic rings. The molecule has 1 fully saturated rings. The van der Waals surface area contributed by atoms with Gasteiger partial charge in [-0.1, -0.05) is 0 Å². The molecule has 0 spiro atoms. The number of ether oxygens (including phenoxy) is 3. The third kappa shape index (κ3) is 6.43. The largest absolute Gasteiger partial charge is 0.460 e. The maximum atomic E-state index is 10.3. The van der Waals surface area contributed by atoms with Crippen molar-refractivity contribution in [2.45, 2.75) is 38.6 Å². The minimum atomic E-state index is -0.417. The number of hydrogen-bond acceptors (Lipinski definition) is 5. The summed E-state index contributed by atoms with van der Waals surface area (Å²) in [5.74, 6) is -0.607. The van der Waals surface area contributed by atoms with Crippen molar-refractivity contribution in [2.24, 2.45) is 0 Å². The average molecular weight is 220 g/mol. The van der Waals surface area contributed by atoms with Crippen LogP contribution in [0.25, 0.3) is 0 Å². The van der Waals surface area contributed by atoms with Crippen LogP contribution in [-0.4, -0.2) is 43.8 Å². The average Bonchev–Trinajstić information content (AvgIpc) is 2.65. The fourth-order valence-corrected chi connectivity index (χ4v) is 0.794. The first-order chi connectivity index (χ1) is 6.95. The fourth-order valence-electron chi connectivity index (χ4n) is 0.794. The molecule has 0 bridgehead atoms. The van der Waals surface area contributed by atoms with Gasteiger partial charge < -0.3 is 19.3 Å². The number of hydrogen-bond donors (Lipinski definition) is 1. The molecule has 0 saturated carbocycles. The SMILES string of the molecule is COC(C)(C)OC.O=C1CCC(CO)O1. The Morgan fingerprint density at radius 2 is 2.00 bits per heavy atom. The molecule has 1 N–H and O–H groups in total. The van der Waals surface area contributed by atoms with Gasteiger partial charge in [-0.15, -0.1) is 0 Å². The molecular formula is C10H20O5. The zero-order chi connectivity index (χ0) is 11.9. The Morgan fingerprint density at radius 3 is 2.13 bits per heavy atom. The number of carbonyl (C=O) groups is 1. The molecule has 1 saturated heterocycles. The molecule has 5 nitrogen and oxygen atoms in total. The summed E-state index contributed by atoms with van der Waals surface area (Å²) in [7, 11) is 3.23. The van der Waals surface area contributed by atoms with Crippen LogP contribution in [0.4, 0.5) is 0 Å². The molecule has 5 heteroatoms. The second-order valence-corrected chi connectivity index (χ2v) is 3.64. The van der Waals surface area contributed by atoms with Gasteiger partial charge in [0.2, 0.25) is 0 Å². The Labute approximate surface area is 90.3 Å². The molecule has 0 aromatic rings. The van der Waals surface area contributed by atoms with Crippen LogP contribution in [0.1, 0.15) is 26.7 Å². The summed E-state index contributed by atoms with van der Waals surface area (Å²) in [4.78, 5) is 10.3. The van der Waals surface area contributed by atoms with Crippen molar-refractivity contribution in [3.8, 4) is 0 Å². The van der Waals surface area contributed by atoms with Crippen molar-refractivity contribution in [2.75, 3.05) is 20.8 Å². The lowest BCUT2D eigenvalue weighted by Gasteiger charge is -2.19. The van der Waals surface area contributed by atoms with Crippen molar-refractivity contribution < 1.29 is 24.1 Å². The molecule has 1 atom stereocenters. The van der Waals surface area contributed by atoms with Crippen LogP contribution >= 0.6 is 0 Å². The van der Waals surface area contributed by atoms with Gasteiger partial charge in [0.25, 0.3) is 0 Å². The zero-order valence-corrected chi connectivity index (χ0v) is 9.78. The van der Waals surface area contributed by atoms with E-state index in [1.165, 1.54) is 0 Å². The molecule has 1 rings (SSSR count). The summed E-state index contributed by atoms with van der Waals surface area (Å²) in [6.45, 7) is 3.67. The molecule has 15 heavy (non-hydrogen) atoms. The summed E-state index contributed by atoms with van der Waals surface area (Å²) in [6.07, 6.45) is 0.920. The number of cyclic esters (lactones) is 1. The highest BCUT2D eigenvalue weighted by Crippen LogP contribution is 2.11. The Bertz CT molecular complexity index is 184. The van der Waals surface area contributed by atoms with Gasteiger partial charge in [0.1, 0.15) is 6.10 Å². The maximum Gasteiger partial charge on any atom is 0.306 e. The van der Waals surface area contributed by atoms with Gasteiger partial charge in [-0.2, -0.15) is 0 Å². The van der Waals surface area contributed by atoms with Crippen LogP contribution in [0.15, 0.2) is 0 Å². The summed E-state index contributed by atoms with van der Waals surface area (Å²) in [5, 5.41) is 8.41. The van der Waals surface area contributed by atoms with Crippen LogP contribution < -0.4 is 0 Å². The van der Waals surface area contributed by atoms with Gasteiger partial charge in [-0.3, -0.25) is 4.79 Å². The molecule has 0 radical (unpaired) electrons. The van der Waals surface area contributed by atoms with E-state index in [1.807, 2.05) is 13.8 Å². The predicted octanol–water partition coefficient (Wildman–Crippen LogP) is 0.700. The molecule has 0 aromatic carbocycles. The van der Waals surface area contributed by atoms with Gasteiger partial charge in [-0.05, 0) is 20.3 Å². The van der Waals surface area contributed by atoms with E-state index < -0.39 is 5.79 Å². The monoisotopic (exact) mass is 220 g/mol. The summed E-state index contributed by atoms with van der Waals surface area (Å²) < 4.78 is 14.4. The third-order valence-electron chi connectivity index (χ3n) is 2.16. The van der Waals surface area contributed by atoms with Crippen molar-refractivity contribution >= 4 is 5.97 Å². The molecule has 1 heterocycles. The topological polar surface area (TPSA) is 65.0 Å². The summed E-state index contributed by atoms with van der Waals surface area (Å²) >= 11 is 0.